The van der Waals surface area contributed by atoms with Crippen molar-refractivity contribution in [3.63, 3.8) is 0 Å². The summed E-state index contributed by atoms with van der Waals surface area (Å²) < 4.78 is 12.2. The highest BCUT2D eigenvalue weighted by atomic mass is 16.5. The topological polar surface area (TPSA) is 77.1 Å². The number of hydrogen-bond acceptors (Lipinski definition) is 5. The first-order chi connectivity index (χ1) is 10.2. The van der Waals surface area contributed by atoms with E-state index in [1.54, 1.807) is 22.9 Å². The third-order valence-electron chi connectivity index (χ3n) is 3.66. The van der Waals surface area contributed by atoms with Crippen LogP contribution < -0.4 is 0 Å². The van der Waals surface area contributed by atoms with Crippen molar-refractivity contribution in [2.45, 2.75) is 25.5 Å². The molecule has 6 nitrogen and oxygen atoms in total. The predicted octanol–water partition coefficient (Wildman–Crippen LogP) is 2.39. The van der Waals surface area contributed by atoms with Gasteiger partial charge in [-0.1, -0.05) is 0 Å². The minimum atomic E-state index is -0.428. The van der Waals surface area contributed by atoms with Crippen LogP contribution in [0.1, 0.15) is 41.5 Å². The molecule has 0 unspecified atom stereocenters. The highest BCUT2D eigenvalue weighted by Crippen LogP contribution is 2.28. The molecule has 108 valence electrons. The second-order valence-electron chi connectivity index (χ2n) is 4.95. The number of rotatable bonds is 2. The first-order valence-electron chi connectivity index (χ1n) is 6.87. The van der Waals surface area contributed by atoms with Gasteiger partial charge in [0.15, 0.2) is 11.9 Å². The molecule has 21 heavy (non-hydrogen) atoms. The summed E-state index contributed by atoms with van der Waals surface area (Å²) in [5.74, 6) is -0.428. The number of carbonyl (C=O) groups is 1. The van der Waals surface area contributed by atoms with Gasteiger partial charge in [0.1, 0.15) is 6.07 Å². The van der Waals surface area contributed by atoms with Crippen LogP contribution in [0, 0.1) is 11.3 Å². The van der Waals surface area contributed by atoms with E-state index in [0.29, 0.717) is 23.3 Å². The van der Waals surface area contributed by atoms with Crippen LogP contribution in [0.4, 0.5) is 0 Å². The van der Waals surface area contributed by atoms with E-state index >= 15 is 0 Å². The Kier molecular flexibility index (Phi) is 3.59. The molecule has 0 bridgehead atoms. The SMILES string of the molecule is COC(=O)c1ccc2c(c1)c(C#N)nn2[C@H]1CCCCO1. The summed E-state index contributed by atoms with van der Waals surface area (Å²) in [6, 6.07) is 7.18. The lowest BCUT2D eigenvalue weighted by Crippen LogP contribution is -2.19. The maximum absolute atomic E-state index is 11.6. The fraction of sp³-hybridized carbons (Fsp3) is 0.400. The number of nitrogens with zero attached hydrogens (tertiary/aromatic N) is 3. The molecule has 2 aromatic rings. The number of fused-ring (bicyclic) bond motifs is 1. The van der Waals surface area contributed by atoms with Crippen LogP contribution >= 0.6 is 0 Å². The molecule has 0 amide bonds. The van der Waals surface area contributed by atoms with E-state index in [4.69, 9.17) is 9.47 Å². The predicted molar refractivity (Wildman–Crippen MR) is 74.6 cm³/mol. The summed E-state index contributed by atoms with van der Waals surface area (Å²) in [6.07, 6.45) is 2.86. The maximum atomic E-state index is 11.6. The zero-order valence-electron chi connectivity index (χ0n) is 11.7. The lowest BCUT2D eigenvalue weighted by molar-refractivity contribution is -0.0367. The third-order valence-corrected chi connectivity index (χ3v) is 3.66. The van der Waals surface area contributed by atoms with Crippen LogP contribution in [-0.4, -0.2) is 29.5 Å². The van der Waals surface area contributed by atoms with Crippen LogP contribution in [0.5, 0.6) is 0 Å². The van der Waals surface area contributed by atoms with Crippen molar-refractivity contribution in [1.29, 1.82) is 5.26 Å². The molecule has 6 heteroatoms. The monoisotopic (exact) mass is 285 g/mol. The van der Waals surface area contributed by atoms with Gasteiger partial charge in [0.05, 0.1) is 18.2 Å². The molecule has 1 atom stereocenters. The van der Waals surface area contributed by atoms with Crippen LogP contribution in [0.25, 0.3) is 10.9 Å². The Morgan fingerprint density at radius 1 is 1.52 bits per heavy atom. The molecule has 3 rings (SSSR count). The van der Waals surface area contributed by atoms with E-state index in [1.165, 1.54) is 7.11 Å². The maximum Gasteiger partial charge on any atom is 0.337 e. The summed E-state index contributed by atoms with van der Waals surface area (Å²) in [5.41, 5.74) is 1.50. The Morgan fingerprint density at radius 3 is 3.05 bits per heavy atom. The molecule has 0 spiro atoms. The van der Waals surface area contributed by atoms with Crippen LogP contribution in [-0.2, 0) is 9.47 Å². The van der Waals surface area contributed by atoms with E-state index in [9.17, 15) is 10.1 Å². The van der Waals surface area contributed by atoms with Crippen molar-refractivity contribution in [1.82, 2.24) is 9.78 Å². The van der Waals surface area contributed by atoms with E-state index in [2.05, 4.69) is 11.2 Å². The van der Waals surface area contributed by atoms with E-state index in [1.807, 2.05) is 0 Å². The van der Waals surface area contributed by atoms with E-state index in [-0.39, 0.29) is 6.23 Å². The smallest absolute Gasteiger partial charge is 0.337 e. The van der Waals surface area contributed by atoms with E-state index in [0.717, 1.165) is 24.8 Å². The first-order valence-corrected chi connectivity index (χ1v) is 6.87. The van der Waals surface area contributed by atoms with Crippen molar-refractivity contribution < 1.29 is 14.3 Å². The molecule has 1 aromatic heterocycles. The second-order valence-corrected chi connectivity index (χ2v) is 4.95. The average molecular weight is 285 g/mol. The lowest BCUT2D eigenvalue weighted by atomic mass is 10.1. The van der Waals surface area contributed by atoms with E-state index < -0.39 is 5.97 Å². The van der Waals surface area contributed by atoms with Gasteiger partial charge in [-0.2, -0.15) is 10.4 Å². The van der Waals surface area contributed by atoms with Crippen molar-refractivity contribution in [3.05, 3.63) is 29.5 Å². The number of nitriles is 1. The summed E-state index contributed by atoms with van der Waals surface area (Å²) in [5, 5.41) is 14.2. The number of methoxy groups -OCH3 is 1. The molecular formula is C15H15N3O3. The van der Waals surface area contributed by atoms with Gasteiger partial charge in [0.2, 0.25) is 0 Å². The molecule has 1 aliphatic heterocycles. The molecule has 0 radical (unpaired) electrons. The number of benzene rings is 1. The summed E-state index contributed by atoms with van der Waals surface area (Å²) in [4.78, 5) is 11.6. The zero-order valence-corrected chi connectivity index (χ0v) is 11.7. The van der Waals surface area contributed by atoms with Gasteiger partial charge in [0.25, 0.3) is 0 Å². The largest absolute Gasteiger partial charge is 0.465 e. The fourth-order valence-electron chi connectivity index (χ4n) is 2.60. The summed E-state index contributed by atoms with van der Waals surface area (Å²) in [6.45, 7) is 0.703. The lowest BCUT2D eigenvalue weighted by Gasteiger charge is -2.23. The third kappa shape index (κ3) is 2.36. The van der Waals surface area contributed by atoms with Gasteiger partial charge < -0.3 is 9.47 Å². The minimum Gasteiger partial charge on any atom is -0.465 e. The molecule has 0 aliphatic carbocycles. The minimum absolute atomic E-state index is 0.146. The summed E-state index contributed by atoms with van der Waals surface area (Å²) >= 11 is 0. The van der Waals surface area contributed by atoms with Crippen LogP contribution in [0.3, 0.4) is 0 Å². The molecule has 1 aromatic carbocycles. The number of aromatic nitrogens is 2. The highest BCUT2D eigenvalue weighted by Gasteiger charge is 2.21. The van der Waals surface area contributed by atoms with Gasteiger partial charge in [-0.05, 0) is 37.5 Å². The Morgan fingerprint density at radius 2 is 2.38 bits per heavy atom. The fourth-order valence-corrected chi connectivity index (χ4v) is 2.60. The molecule has 0 N–H and O–H groups in total. The standard InChI is InChI=1S/C15H15N3O3/c1-20-15(19)10-5-6-13-11(8-10)12(9-16)17-18(13)14-4-2-3-7-21-14/h5-6,8,14H,2-4,7H2,1H3/t14-/m1/s1. The Hall–Kier alpha value is -2.39. The number of ether oxygens (including phenoxy) is 2. The Balaban J connectivity index is 2.11. The van der Waals surface area contributed by atoms with Crippen molar-refractivity contribution in [3.8, 4) is 6.07 Å². The molecular weight excluding hydrogens is 270 g/mol. The normalized spacial score (nSPS) is 18.4. The number of esters is 1. The van der Waals surface area contributed by atoms with Crippen molar-refractivity contribution >= 4 is 16.9 Å². The number of carbonyl (C=O) groups excluding carboxylic acids is 1. The Labute approximate surface area is 121 Å². The quantitative estimate of drug-likeness (QED) is 0.792. The van der Waals surface area contributed by atoms with Gasteiger partial charge in [-0.3, -0.25) is 0 Å². The zero-order chi connectivity index (χ0) is 14.8. The average Bonchev–Trinajstić information content (AvgIpc) is 2.92. The first kappa shape index (κ1) is 13.6. The molecule has 1 fully saturated rings. The highest BCUT2D eigenvalue weighted by molar-refractivity contribution is 5.96. The Bertz CT molecular complexity index is 724. The molecule has 0 saturated carbocycles. The van der Waals surface area contributed by atoms with Crippen LogP contribution in [0.15, 0.2) is 18.2 Å². The molecule has 1 aliphatic rings. The number of hydrogen-bond donors (Lipinski definition) is 0. The summed E-state index contributed by atoms with van der Waals surface area (Å²) in [7, 11) is 1.33. The van der Waals surface area contributed by atoms with Gasteiger partial charge in [-0.15, -0.1) is 0 Å². The molecule has 1 saturated heterocycles. The van der Waals surface area contributed by atoms with Gasteiger partial charge in [-0.25, -0.2) is 9.48 Å². The molecule has 2 heterocycles. The van der Waals surface area contributed by atoms with Gasteiger partial charge >= 0.3 is 5.97 Å². The van der Waals surface area contributed by atoms with Crippen LogP contribution in [0.2, 0.25) is 0 Å². The van der Waals surface area contributed by atoms with Gasteiger partial charge in [0, 0.05) is 12.0 Å². The van der Waals surface area contributed by atoms with Crippen molar-refractivity contribution in [2.75, 3.05) is 13.7 Å². The van der Waals surface area contributed by atoms with Crippen molar-refractivity contribution in [2.24, 2.45) is 0 Å². The second kappa shape index (κ2) is 5.54.